The van der Waals surface area contributed by atoms with Gasteiger partial charge in [0.25, 0.3) is 0 Å². The number of nitrogens with one attached hydrogen (secondary N) is 1. The normalized spacial score (nSPS) is 18.9. The maximum Gasteiger partial charge on any atom is 0.160 e. The van der Waals surface area contributed by atoms with Gasteiger partial charge in [-0.25, -0.2) is 9.97 Å². The summed E-state index contributed by atoms with van der Waals surface area (Å²) >= 11 is 0. The molecule has 1 aliphatic rings. The molecule has 0 saturated carbocycles. The Bertz CT molecular complexity index is 989. The number of rotatable bonds is 3. The van der Waals surface area contributed by atoms with Gasteiger partial charge in [-0.1, -0.05) is 24.3 Å². The second kappa shape index (κ2) is 6.36. The molecule has 5 heteroatoms. The van der Waals surface area contributed by atoms with E-state index >= 15 is 0 Å². The lowest BCUT2D eigenvalue weighted by molar-refractivity contribution is 0.421. The molecule has 3 aromatic heterocycles. The number of fused-ring (bicyclic) bond motifs is 1. The number of anilines is 2. The van der Waals surface area contributed by atoms with Gasteiger partial charge in [-0.15, -0.1) is 0 Å². The number of H-pyrrole nitrogens is 1. The van der Waals surface area contributed by atoms with Crippen molar-refractivity contribution in [3.8, 4) is 0 Å². The first-order valence-corrected chi connectivity index (χ1v) is 9.10. The minimum atomic E-state index is -0.582. The van der Waals surface area contributed by atoms with Gasteiger partial charge in [0.05, 0.1) is 5.69 Å². The van der Waals surface area contributed by atoms with Crippen LogP contribution >= 0.6 is 0 Å². The van der Waals surface area contributed by atoms with Crippen LogP contribution in [0.5, 0.6) is 0 Å². The molecule has 132 valence electrons. The van der Waals surface area contributed by atoms with E-state index in [-0.39, 0.29) is 0 Å². The Morgan fingerprint density at radius 3 is 2.41 bits per heavy atom. The summed E-state index contributed by atoms with van der Waals surface area (Å²) in [6.07, 6.45) is 9.17. The molecule has 5 nitrogen and oxygen atoms in total. The lowest BCUT2D eigenvalue weighted by atomic mass is 9.80. The third-order valence-electron chi connectivity index (χ3n) is 5.22. The predicted molar refractivity (Wildman–Crippen MR) is 105 cm³/mol. The number of nitrogens with zero attached hydrogens (tertiary/aromatic N) is 4. The van der Waals surface area contributed by atoms with E-state index in [1.54, 1.807) is 12.4 Å². The summed E-state index contributed by atoms with van der Waals surface area (Å²) in [5.74, 6) is 1.76. The van der Waals surface area contributed by atoms with Crippen molar-refractivity contribution >= 4 is 11.5 Å². The molecule has 1 unspecified atom stereocenters. The minimum absolute atomic E-state index is 0.582. The fraction of sp³-hybridized carbons (Fsp3) is 0.136. The van der Waals surface area contributed by atoms with Crippen molar-refractivity contribution < 1.29 is 0 Å². The molecule has 1 N–H and O–H groups in total. The van der Waals surface area contributed by atoms with Crippen LogP contribution in [-0.2, 0) is 12.0 Å². The molecule has 1 atom stereocenters. The summed E-state index contributed by atoms with van der Waals surface area (Å²) in [4.78, 5) is 19.8. The zero-order valence-corrected chi connectivity index (χ0v) is 14.8. The van der Waals surface area contributed by atoms with E-state index in [9.17, 15) is 0 Å². The molecule has 0 fully saturated rings. The summed E-state index contributed by atoms with van der Waals surface area (Å²) < 4.78 is 0. The van der Waals surface area contributed by atoms with Gasteiger partial charge in [0.15, 0.2) is 5.82 Å². The summed E-state index contributed by atoms with van der Waals surface area (Å²) in [6.45, 7) is 0. The van der Waals surface area contributed by atoms with Gasteiger partial charge in [0, 0.05) is 30.5 Å². The maximum atomic E-state index is 4.75. The van der Waals surface area contributed by atoms with Crippen molar-refractivity contribution in [2.24, 2.45) is 0 Å². The number of hydrogen-bond acceptors (Lipinski definition) is 4. The van der Waals surface area contributed by atoms with E-state index in [0.29, 0.717) is 0 Å². The lowest BCUT2D eigenvalue weighted by Crippen LogP contribution is -2.49. The fourth-order valence-corrected chi connectivity index (χ4v) is 4.06. The Kier molecular flexibility index (Phi) is 3.71. The van der Waals surface area contributed by atoms with E-state index in [1.807, 2.05) is 36.7 Å². The van der Waals surface area contributed by atoms with Gasteiger partial charge in [-0.05, 0) is 54.8 Å². The number of aromatic amines is 1. The topological polar surface area (TPSA) is 57.7 Å². The van der Waals surface area contributed by atoms with Crippen LogP contribution in [0.3, 0.4) is 0 Å². The smallest absolute Gasteiger partial charge is 0.160 e. The van der Waals surface area contributed by atoms with Crippen molar-refractivity contribution in [1.82, 2.24) is 19.9 Å². The standard InChI is InChI=1S/C22H19N5/c1-2-8-18-17(7-1)11-12-22(19-9-3-4-13-23-19,21-25-15-6-16-26-21)27(18)20-10-5-14-24-20/h1-10,13-16,24H,11-12H2. The van der Waals surface area contributed by atoms with Crippen LogP contribution in [0.15, 0.2) is 85.5 Å². The largest absolute Gasteiger partial charge is 0.348 e. The Labute approximate surface area is 157 Å². The molecule has 1 aliphatic heterocycles. The summed E-state index contributed by atoms with van der Waals surface area (Å²) in [5, 5.41) is 0. The average molecular weight is 353 g/mol. The van der Waals surface area contributed by atoms with E-state index < -0.39 is 5.54 Å². The highest BCUT2D eigenvalue weighted by Crippen LogP contribution is 2.49. The van der Waals surface area contributed by atoms with Crippen LogP contribution in [0.25, 0.3) is 0 Å². The van der Waals surface area contributed by atoms with Crippen molar-refractivity contribution in [2.45, 2.75) is 18.4 Å². The fourth-order valence-electron chi connectivity index (χ4n) is 4.06. The highest BCUT2D eigenvalue weighted by molar-refractivity contribution is 5.70. The highest BCUT2D eigenvalue weighted by atomic mass is 15.3. The van der Waals surface area contributed by atoms with Crippen LogP contribution in [0.2, 0.25) is 0 Å². The van der Waals surface area contributed by atoms with E-state index in [1.165, 1.54) is 5.56 Å². The minimum Gasteiger partial charge on any atom is -0.348 e. The summed E-state index contributed by atoms with van der Waals surface area (Å²) in [7, 11) is 0. The number of aryl methyl sites for hydroxylation is 1. The van der Waals surface area contributed by atoms with E-state index in [2.05, 4.69) is 56.3 Å². The SMILES string of the molecule is c1ccc(C2(c3ncccn3)CCc3ccccc3N2c2ccc[nH]2)nc1. The predicted octanol–water partition coefficient (Wildman–Crippen LogP) is 4.23. The second-order valence-corrected chi connectivity index (χ2v) is 6.67. The van der Waals surface area contributed by atoms with Crippen molar-refractivity contribution in [3.63, 3.8) is 0 Å². The lowest BCUT2D eigenvalue weighted by Gasteiger charge is -2.47. The molecular formula is C22H19N5. The highest BCUT2D eigenvalue weighted by Gasteiger charge is 2.48. The maximum absolute atomic E-state index is 4.75. The first kappa shape index (κ1) is 15.8. The second-order valence-electron chi connectivity index (χ2n) is 6.67. The van der Waals surface area contributed by atoms with Crippen LogP contribution in [0.1, 0.15) is 23.5 Å². The van der Waals surface area contributed by atoms with Crippen LogP contribution in [0, 0.1) is 0 Å². The third kappa shape index (κ3) is 2.43. The Morgan fingerprint density at radius 2 is 1.63 bits per heavy atom. The Hall–Kier alpha value is -3.47. The van der Waals surface area contributed by atoms with Crippen molar-refractivity contribution in [1.29, 1.82) is 0 Å². The molecule has 5 rings (SSSR count). The number of benzene rings is 1. The van der Waals surface area contributed by atoms with Crippen LogP contribution in [0.4, 0.5) is 11.5 Å². The number of pyridine rings is 1. The van der Waals surface area contributed by atoms with Crippen LogP contribution in [-0.4, -0.2) is 19.9 Å². The molecule has 0 radical (unpaired) electrons. The van der Waals surface area contributed by atoms with E-state index in [4.69, 9.17) is 4.98 Å². The van der Waals surface area contributed by atoms with Gasteiger partial charge in [-0.3, -0.25) is 4.98 Å². The van der Waals surface area contributed by atoms with E-state index in [0.717, 1.165) is 35.9 Å². The third-order valence-corrected chi connectivity index (χ3v) is 5.22. The zero-order valence-electron chi connectivity index (χ0n) is 14.8. The number of aromatic nitrogens is 4. The molecule has 27 heavy (non-hydrogen) atoms. The molecule has 4 aromatic rings. The average Bonchev–Trinajstić information content (AvgIpc) is 3.28. The molecule has 0 aliphatic carbocycles. The molecule has 1 aromatic carbocycles. The quantitative estimate of drug-likeness (QED) is 0.599. The van der Waals surface area contributed by atoms with Gasteiger partial charge >= 0.3 is 0 Å². The van der Waals surface area contributed by atoms with Gasteiger partial charge in [-0.2, -0.15) is 0 Å². The molecular weight excluding hydrogens is 334 g/mol. The monoisotopic (exact) mass is 353 g/mol. The van der Waals surface area contributed by atoms with Crippen molar-refractivity contribution in [3.05, 3.63) is 103 Å². The Morgan fingerprint density at radius 1 is 0.815 bits per heavy atom. The molecule has 0 amide bonds. The summed E-state index contributed by atoms with van der Waals surface area (Å²) in [5.41, 5.74) is 2.83. The molecule has 4 heterocycles. The van der Waals surface area contributed by atoms with Gasteiger partial charge in [0.1, 0.15) is 11.4 Å². The van der Waals surface area contributed by atoms with Crippen molar-refractivity contribution in [2.75, 3.05) is 4.90 Å². The number of para-hydroxylation sites is 1. The molecule has 0 saturated heterocycles. The molecule has 0 spiro atoms. The number of hydrogen-bond donors (Lipinski definition) is 1. The first-order valence-electron chi connectivity index (χ1n) is 9.10. The Balaban J connectivity index is 1.84. The van der Waals surface area contributed by atoms with Gasteiger partial charge < -0.3 is 9.88 Å². The van der Waals surface area contributed by atoms with Crippen LogP contribution < -0.4 is 4.90 Å². The zero-order chi connectivity index (χ0) is 18.1. The van der Waals surface area contributed by atoms with Gasteiger partial charge in [0.2, 0.25) is 0 Å². The summed E-state index contributed by atoms with van der Waals surface area (Å²) in [6, 6.07) is 20.5. The first-order chi connectivity index (χ1) is 13.4. The molecule has 0 bridgehead atoms.